The number of hydrogen-bond acceptors (Lipinski definition) is 6. The second-order valence-corrected chi connectivity index (χ2v) is 9.42. The zero-order valence-electron chi connectivity index (χ0n) is 17.2. The van der Waals surface area contributed by atoms with E-state index in [1.807, 2.05) is 16.3 Å². The Morgan fingerprint density at radius 2 is 2.17 bits per heavy atom. The van der Waals surface area contributed by atoms with Crippen molar-refractivity contribution in [1.82, 2.24) is 14.5 Å². The third-order valence-corrected chi connectivity index (χ3v) is 7.40. The molecule has 1 aliphatic heterocycles. The highest BCUT2D eigenvalue weighted by molar-refractivity contribution is 7.99. The van der Waals surface area contributed by atoms with Gasteiger partial charge < -0.3 is 9.32 Å². The molecule has 1 amide bonds. The number of carbonyl (C=O) groups is 1. The van der Waals surface area contributed by atoms with Crippen molar-refractivity contribution in [3.8, 4) is 11.3 Å². The summed E-state index contributed by atoms with van der Waals surface area (Å²) in [6.07, 6.45) is 6.50. The molecule has 0 saturated carbocycles. The standard InChI is InChI=1S/C22H25N3O3S2/c1-4-10-24-21(27)19-16(17-9-6-11-28-17)12-29-20(19)23-22(24)30-13-18(26)25-14(2)7-5-8-15(25)3/h4,6,9,11-12,14-15H,1,5,7-8,10,13H2,2-3H3/t14-,15-/m1/s1. The summed E-state index contributed by atoms with van der Waals surface area (Å²) in [4.78, 5) is 33.6. The van der Waals surface area contributed by atoms with Crippen LogP contribution in [-0.4, -0.2) is 38.2 Å². The van der Waals surface area contributed by atoms with E-state index in [1.54, 1.807) is 23.0 Å². The van der Waals surface area contributed by atoms with Gasteiger partial charge in [-0.2, -0.15) is 0 Å². The Bertz CT molecular complexity index is 1110. The second-order valence-electron chi connectivity index (χ2n) is 7.62. The van der Waals surface area contributed by atoms with E-state index < -0.39 is 0 Å². The van der Waals surface area contributed by atoms with Gasteiger partial charge in [-0.15, -0.1) is 17.9 Å². The molecular formula is C22H25N3O3S2. The molecule has 1 saturated heterocycles. The van der Waals surface area contributed by atoms with E-state index in [4.69, 9.17) is 9.40 Å². The minimum Gasteiger partial charge on any atom is -0.464 e. The fraction of sp³-hybridized carbons (Fsp3) is 0.409. The van der Waals surface area contributed by atoms with Crippen LogP contribution in [0.2, 0.25) is 0 Å². The molecule has 0 spiro atoms. The molecule has 6 nitrogen and oxygen atoms in total. The molecule has 0 unspecified atom stereocenters. The van der Waals surface area contributed by atoms with Gasteiger partial charge in [-0.1, -0.05) is 17.8 Å². The fourth-order valence-electron chi connectivity index (χ4n) is 4.13. The average Bonchev–Trinajstić information content (AvgIpc) is 3.38. The topological polar surface area (TPSA) is 68.3 Å². The van der Waals surface area contributed by atoms with E-state index >= 15 is 0 Å². The number of thiophene rings is 1. The molecule has 3 aromatic rings. The number of likely N-dealkylation sites (tertiary alicyclic amines) is 1. The number of carbonyl (C=O) groups excluding carboxylic acids is 1. The third-order valence-electron chi connectivity index (χ3n) is 5.56. The van der Waals surface area contributed by atoms with Crippen LogP contribution in [-0.2, 0) is 11.3 Å². The number of furan rings is 1. The van der Waals surface area contributed by atoms with Gasteiger partial charge in [0, 0.05) is 29.6 Å². The van der Waals surface area contributed by atoms with E-state index in [0.717, 1.165) is 24.8 Å². The minimum absolute atomic E-state index is 0.0988. The van der Waals surface area contributed by atoms with Crippen molar-refractivity contribution in [3.63, 3.8) is 0 Å². The maximum absolute atomic E-state index is 13.3. The number of amides is 1. The Hall–Kier alpha value is -2.32. The first-order valence-electron chi connectivity index (χ1n) is 10.1. The zero-order chi connectivity index (χ0) is 21.3. The van der Waals surface area contributed by atoms with Crippen LogP contribution in [0.5, 0.6) is 0 Å². The number of piperidine rings is 1. The van der Waals surface area contributed by atoms with E-state index in [9.17, 15) is 9.59 Å². The summed E-state index contributed by atoms with van der Waals surface area (Å²) in [6.45, 7) is 8.33. The number of nitrogens with zero attached hydrogens (tertiary/aromatic N) is 3. The summed E-state index contributed by atoms with van der Waals surface area (Å²) in [5, 5.41) is 2.99. The molecule has 0 bridgehead atoms. The van der Waals surface area contributed by atoms with E-state index in [-0.39, 0.29) is 29.3 Å². The highest BCUT2D eigenvalue weighted by atomic mass is 32.2. The zero-order valence-corrected chi connectivity index (χ0v) is 18.8. The summed E-state index contributed by atoms with van der Waals surface area (Å²) in [6, 6.07) is 4.13. The summed E-state index contributed by atoms with van der Waals surface area (Å²) >= 11 is 2.74. The Balaban J connectivity index is 1.65. The summed E-state index contributed by atoms with van der Waals surface area (Å²) in [5.74, 6) is 1.01. The Kier molecular flexibility index (Phi) is 6.15. The first kappa shape index (κ1) is 20.9. The molecule has 2 atom stereocenters. The van der Waals surface area contributed by atoms with Gasteiger partial charge >= 0.3 is 0 Å². The molecule has 3 aromatic heterocycles. The van der Waals surface area contributed by atoms with Gasteiger partial charge in [0.25, 0.3) is 5.56 Å². The van der Waals surface area contributed by atoms with Gasteiger partial charge in [-0.25, -0.2) is 4.98 Å². The lowest BCUT2D eigenvalue weighted by molar-refractivity contribution is -0.134. The monoisotopic (exact) mass is 443 g/mol. The van der Waals surface area contributed by atoms with Gasteiger partial charge in [0.05, 0.1) is 17.4 Å². The van der Waals surface area contributed by atoms with Gasteiger partial charge in [-0.3, -0.25) is 14.2 Å². The average molecular weight is 444 g/mol. The molecule has 4 rings (SSSR count). The van der Waals surface area contributed by atoms with E-state index in [0.29, 0.717) is 27.7 Å². The first-order chi connectivity index (χ1) is 14.5. The predicted molar refractivity (Wildman–Crippen MR) is 122 cm³/mol. The normalized spacial score (nSPS) is 19.3. The molecule has 0 N–H and O–H groups in total. The van der Waals surface area contributed by atoms with Crippen molar-refractivity contribution in [2.24, 2.45) is 0 Å². The van der Waals surface area contributed by atoms with Crippen molar-refractivity contribution in [3.05, 3.63) is 46.8 Å². The largest absolute Gasteiger partial charge is 0.464 e. The number of rotatable bonds is 6. The van der Waals surface area contributed by atoms with E-state index in [1.165, 1.54) is 23.1 Å². The van der Waals surface area contributed by atoms with Crippen molar-refractivity contribution >= 4 is 39.2 Å². The van der Waals surface area contributed by atoms with Crippen LogP contribution in [0, 0.1) is 0 Å². The van der Waals surface area contributed by atoms with Crippen molar-refractivity contribution in [2.75, 3.05) is 5.75 Å². The number of thioether (sulfide) groups is 1. The fourth-order valence-corrected chi connectivity index (χ4v) is 5.98. The summed E-state index contributed by atoms with van der Waals surface area (Å²) in [7, 11) is 0. The van der Waals surface area contributed by atoms with E-state index in [2.05, 4.69) is 20.4 Å². The van der Waals surface area contributed by atoms with Gasteiger partial charge in [0.15, 0.2) is 5.16 Å². The Labute approximate surface area is 183 Å². The smallest absolute Gasteiger partial charge is 0.263 e. The molecule has 0 aromatic carbocycles. The maximum atomic E-state index is 13.3. The van der Waals surface area contributed by atoms with Crippen molar-refractivity contribution in [2.45, 2.75) is 56.9 Å². The molecular weight excluding hydrogens is 418 g/mol. The molecule has 1 aliphatic rings. The third kappa shape index (κ3) is 3.86. The van der Waals surface area contributed by atoms with Crippen LogP contribution < -0.4 is 5.56 Å². The second kappa shape index (κ2) is 8.81. The first-order valence-corrected chi connectivity index (χ1v) is 12.0. The number of hydrogen-bond donors (Lipinski definition) is 0. The SMILES string of the molecule is C=CCn1c(SCC(=O)N2[C@H](C)CCC[C@H]2C)nc2scc(-c3ccco3)c2c1=O. The molecule has 30 heavy (non-hydrogen) atoms. The molecule has 8 heteroatoms. The van der Waals surface area contributed by atoms with Gasteiger partial charge in [-0.05, 0) is 45.2 Å². The lowest BCUT2D eigenvalue weighted by atomic mass is 9.98. The molecule has 4 heterocycles. The van der Waals surface area contributed by atoms with Crippen LogP contribution in [0.3, 0.4) is 0 Å². The van der Waals surface area contributed by atoms with Crippen LogP contribution in [0.4, 0.5) is 0 Å². The highest BCUT2D eigenvalue weighted by Crippen LogP contribution is 2.32. The Morgan fingerprint density at radius 1 is 1.40 bits per heavy atom. The van der Waals surface area contributed by atoms with Crippen molar-refractivity contribution in [1.29, 1.82) is 0 Å². The van der Waals surface area contributed by atoms with Crippen molar-refractivity contribution < 1.29 is 9.21 Å². The lowest BCUT2D eigenvalue weighted by Gasteiger charge is -2.39. The highest BCUT2D eigenvalue weighted by Gasteiger charge is 2.29. The predicted octanol–water partition coefficient (Wildman–Crippen LogP) is 4.79. The molecule has 158 valence electrons. The lowest BCUT2D eigenvalue weighted by Crippen LogP contribution is -2.48. The van der Waals surface area contributed by atoms with Gasteiger partial charge in [0.2, 0.25) is 5.91 Å². The number of fused-ring (bicyclic) bond motifs is 1. The van der Waals surface area contributed by atoms with Gasteiger partial charge in [0.1, 0.15) is 10.6 Å². The maximum Gasteiger partial charge on any atom is 0.263 e. The number of allylic oxidation sites excluding steroid dienone is 1. The molecule has 0 radical (unpaired) electrons. The quantitative estimate of drug-likeness (QED) is 0.311. The van der Waals surface area contributed by atoms with Crippen LogP contribution in [0.15, 0.2) is 50.8 Å². The van der Waals surface area contributed by atoms with Crippen LogP contribution in [0.25, 0.3) is 21.5 Å². The summed E-state index contributed by atoms with van der Waals surface area (Å²) in [5.41, 5.74) is 0.612. The summed E-state index contributed by atoms with van der Waals surface area (Å²) < 4.78 is 7.09. The Morgan fingerprint density at radius 3 is 2.83 bits per heavy atom. The molecule has 1 fully saturated rings. The van der Waals surface area contributed by atoms with Crippen LogP contribution >= 0.6 is 23.1 Å². The minimum atomic E-state index is -0.137. The number of aromatic nitrogens is 2. The van der Waals surface area contributed by atoms with Crippen LogP contribution in [0.1, 0.15) is 33.1 Å². The molecule has 0 aliphatic carbocycles.